The van der Waals surface area contributed by atoms with Gasteiger partial charge in [0.1, 0.15) is 5.75 Å². The summed E-state index contributed by atoms with van der Waals surface area (Å²) in [6, 6.07) is 14.3. The normalized spacial score (nSPS) is 23.6. The number of rotatable bonds is 5. The van der Waals surface area contributed by atoms with Gasteiger partial charge in [0.05, 0.1) is 5.54 Å². The second-order valence-corrected chi connectivity index (χ2v) is 8.70. The van der Waals surface area contributed by atoms with Crippen molar-refractivity contribution >= 4 is 5.91 Å². The summed E-state index contributed by atoms with van der Waals surface area (Å²) in [5.41, 5.74) is 2.17. The van der Waals surface area contributed by atoms with Gasteiger partial charge in [0, 0.05) is 56.8 Å². The molecule has 2 aliphatic heterocycles. The minimum atomic E-state index is -0.232. The van der Waals surface area contributed by atoms with E-state index in [-0.39, 0.29) is 17.4 Å². The van der Waals surface area contributed by atoms with Gasteiger partial charge in [-0.05, 0) is 48.2 Å². The highest BCUT2D eigenvalue weighted by molar-refractivity contribution is 5.77. The fraction of sp³-hybridized carbons (Fsp3) is 0.360. The summed E-state index contributed by atoms with van der Waals surface area (Å²) in [4.78, 5) is 27.5. The zero-order valence-electron chi connectivity index (χ0n) is 18.0. The minimum absolute atomic E-state index is 0.169. The Morgan fingerprint density at radius 2 is 1.91 bits per heavy atom. The quantitative estimate of drug-likeness (QED) is 0.666. The zero-order valence-corrected chi connectivity index (χ0v) is 18.0. The van der Waals surface area contributed by atoms with Crippen LogP contribution in [0, 0.1) is 0 Å². The van der Waals surface area contributed by atoms with E-state index >= 15 is 0 Å². The molecule has 1 N–H and O–H groups in total. The first-order valence-corrected chi connectivity index (χ1v) is 11.2. The number of amides is 1. The van der Waals surface area contributed by atoms with Gasteiger partial charge in [-0.15, -0.1) is 0 Å². The van der Waals surface area contributed by atoms with Gasteiger partial charge in [0.25, 0.3) is 0 Å². The fourth-order valence-electron chi connectivity index (χ4n) is 5.01. The van der Waals surface area contributed by atoms with Crippen LogP contribution in [0.1, 0.15) is 42.7 Å². The number of carbonyl (C=O) groups excluding carboxylic acids is 1. The number of aromatic nitrogens is 3. The molecule has 0 radical (unpaired) electrons. The van der Waals surface area contributed by atoms with Crippen molar-refractivity contribution in [3.05, 3.63) is 78.4 Å². The summed E-state index contributed by atoms with van der Waals surface area (Å²) < 4.78 is 5.70. The summed E-state index contributed by atoms with van der Waals surface area (Å²) >= 11 is 0. The van der Waals surface area contributed by atoms with Crippen molar-refractivity contribution in [3.8, 4) is 11.8 Å². The number of pyridine rings is 1. The summed E-state index contributed by atoms with van der Waals surface area (Å²) in [5.74, 6) is 1.11. The van der Waals surface area contributed by atoms with Crippen LogP contribution in [-0.4, -0.2) is 44.4 Å². The van der Waals surface area contributed by atoms with Crippen LogP contribution in [0.5, 0.6) is 11.8 Å². The summed E-state index contributed by atoms with van der Waals surface area (Å²) in [7, 11) is 0. The molecule has 7 nitrogen and oxygen atoms in total. The lowest BCUT2D eigenvalue weighted by molar-refractivity contribution is -0.122. The Bertz CT molecular complexity index is 1040. The van der Waals surface area contributed by atoms with Gasteiger partial charge in [0.2, 0.25) is 5.91 Å². The van der Waals surface area contributed by atoms with E-state index in [4.69, 9.17) is 4.74 Å². The van der Waals surface area contributed by atoms with Crippen LogP contribution in [0.3, 0.4) is 0 Å². The van der Waals surface area contributed by atoms with E-state index in [1.54, 1.807) is 24.7 Å². The molecule has 0 unspecified atom stereocenters. The number of nitrogens with one attached hydrogen (secondary N) is 1. The van der Waals surface area contributed by atoms with Gasteiger partial charge >= 0.3 is 6.01 Å². The molecule has 1 amide bonds. The summed E-state index contributed by atoms with van der Waals surface area (Å²) in [6.45, 7) is 2.55. The number of hydrogen-bond donors (Lipinski definition) is 1. The summed E-state index contributed by atoms with van der Waals surface area (Å²) in [5, 5.41) is 3.41. The summed E-state index contributed by atoms with van der Waals surface area (Å²) in [6.07, 6.45) is 10.7. The molecule has 2 fully saturated rings. The van der Waals surface area contributed by atoms with Gasteiger partial charge < -0.3 is 10.1 Å². The predicted molar refractivity (Wildman–Crippen MR) is 120 cm³/mol. The molecule has 32 heavy (non-hydrogen) atoms. The Labute approximate surface area is 187 Å². The molecule has 0 saturated carbocycles. The first kappa shape index (κ1) is 20.6. The van der Waals surface area contributed by atoms with Gasteiger partial charge in [-0.1, -0.05) is 24.6 Å². The van der Waals surface area contributed by atoms with E-state index in [0.717, 1.165) is 38.9 Å². The molecule has 5 rings (SSSR count). The average Bonchev–Trinajstić information content (AvgIpc) is 3.05. The maximum Gasteiger partial charge on any atom is 0.321 e. The van der Waals surface area contributed by atoms with Crippen LogP contribution in [0.15, 0.2) is 67.3 Å². The van der Waals surface area contributed by atoms with Crippen LogP contribution >= 0.6 is 0 Å². The molecule has 7 heteroatoms. The monoisotopic (exact) mass is 429 g/mol. The number of benzene rings is 1. The maximum atomic E-state index is 12.5. The molecule has 3 aromatic rings. The van der Waals surface area contributed by atoms with Crippen molar-refractivity contribution in [2.75, 3.05) is 13.1 Å². The molecular formula is C25H27N5O2. The number of hydrogen-bond acceptors (Lipinski definition) is 6. The SMILES string of the molecule is O=C1CCCC[C@]2(CN(Cc3ccc(Oc4ncccn4)cc3)C[C@H]2c2cccnc2)N1. The third-order valence-corrected chi connectivity index (χ3v) is 6.45. The van der Waals surface area contributed by atoms with E-state index in [9.17, 15) is 4.79 Å². The third-order valence-electron chi connectivity index (χ3n) is 6.45. The molecule has 0 bridgehead atoms. The molecule has 2 saturated heterocycles. The Kier molecular flexibility index (Phi) is 5.81. The molecule has 4 heterocycles. The molecule has 2 aliphatic rings. The average molecular weight is 430 g/mol. The second kappa shape index (κ2) is 9.04. The number of ether oxygens (including phenoxy) is 1. The Morgan fingerprint density at radius 3 is 2.69 bits per heavy atom. The molecule has 2 atom stereocenters. The molecule has 164 valence electrons. The van der Waals surface area contributed by atoms with Gasteiger partial charge in [0.15, 0.2) is 0 Å². The smallest absolute Gasteiger partial charge is 0.321 e. The maximum absolute atomic E-state index is 12.5. The lowest BCUT2D eigenvalue weighted by Crippen LogP contribution is -2.52. The molecule has 2 aromatic heterocycles. The molecule has 0 aliphatic carbocycles. The molecule has 1 spiro atoms. The van der Waals surface area contributed by atoms with E-state index in [1.165, 1.54) is 11.1 Å². The van der Waals surface area contributed by atoms with Gasteiger partial charge in [-0.3, -0.25) is 14.7 Å². The van der Waals surface area contributed by atoms with Gasteiger partial charge in [-0.25, -0.2) is 9.97 Å². The van der Waals surface area contributed by atoms with E-state index in [1.807, 2.05) is 24.4 Å². The van der Waals surface area contributed by atoms with E-state index in [2.05, 4.69) is 43.4 Å². The zero-order chi connectivity index (χ0) is 21.8. The highest BCUT2D eigenvalue weighted by Gasteiger charge is 2.48. The minimum Gasteiger partial charge on any atom is -0.424 e. The highest BCUT2D eigenvalue weighted by Crippen LogP contribution is 2.41. The Balaban J connectivity index is 1.32. The first-order valence-electron chi connectivity index (χ1n) is 11.2. The number of nitrogens with zero attached hydrogens (tertiary/aromatic N) is 4. The van der Waals surface area contributed by atoms with Crippen LogP contribution in [-0.2, 0) is 11.3 Å². The van der Waals surface area contributed by atoms with Crippen molar-refractivity contribution in [1.82, 2.24) is 25.2 Å². The number of carbonyl (C=O) groups is 1. The van der Waals surface area contributed by atoms with Crippen LogP contribution < -0.4 is 10.1 Å². The van der Waals surface area contributed by atoms with Crippen molar-refractivity contribution in [3.63, 3.8) is 0 Å². The van der Waals surface area contributed by atoms with Crippen LogP contribution in [0.25, 0.3) is 0 Å². The topological polar surface area (TPSA) is 80.2 Å². The lowest BCUT2D eigenvalue weighted by Gasteiger charge is -2.35. The molecule has 1 aromatic carbocycles. The Morgan fingerprint density at radius 1 is 1.06 bits per heavy atom. The predicted octanol–water partition coefficient (Wildman–Crippen LogP) is 3.69. The second-order valence-electron chi connectivity index (χ2n) is 8.70. The fourth-order valence-corrected chi connectivity index (χ4v) is 5.01. The van der Waals surface area contributed by atoms with Crippen LogP contribution in [0.4, 0.5) is 0 Å². The third kappa shape index (κ3) is 4.48. The van der Waals surface area contributed by atoms with E-state index < -0.39 is 0 Å². The van der Waals surface area contributed by atoms with Crippen molar-refractivity contribution < 1.29 is 9.53 Å². The number of likely N-dealkylation sites (tertiary alicyclic amines) is 1. The van der Waals surface area contributed by atoms with Crippen molar-refractivity contribution in [2.24, 2.45) is 0 Å². The Hall–Kier alpha value is -3.32. The standard InChI is InChI=1S/C25H27N5O2/c31-23-6-1-2-11-25(29-23)18-30(17-22(25)20-5-3-12-26-15-20)16-19-7-9-21(10-8-19)32-24-27-13-4-14-28-24/h3-5,7-10,12-15,22H,1-2,6,11,16-18H2,(H,29,31)/t22-,25+/m0/s1. The van der Waals surface area contributed by atoms with Crippen molar-refractivity contribution in [1.29, 1.82) is 0 Å². The first-order chi connectivity index (χ1) is 15.7. The highest BCUT2D eigenvalue weighted by atomic mass is 16.5. The van der Waals surface area contributed by atoms with Crippen molar-refractivity contribution in [2.45, 2.75) is 43.7 Å². The van der Waals surface area contributed by atoms with E-state index in [0.29, 0.717) is 18.2 Å². The van der Waals surface area contributed by atoms with Gasteiger partial charge in [-0.2, -0.15) is 0 Å². The lowest BCUT2D eigenvalue weighted by atomic mass is 9.79. The largest absolute Gasteiger partial charge is 0.424 e. The molecular weight excluding hydrogens is 402 g/mol. The van der Waals surface area contributed by atoms with Crippen LogP contribution in [0.2, 0.25) is 0 Å².